The molecule has 4 heteroatoms. The molecule has 0 radical (unpaired) electrons. The van der Waals surface area contributed by atoms with Crippen molar-refractivity contribution in [2.75, 3.05) is 6.54 Å². The summed E-state index contributed by atoms with van der Waals surface area (Å²) in [6.45, 7) is 5.43. The van der Waals surface area contributed by atoms with E-state index in [-0.39, 0.29) is 10.6 Å². The average Bonchev–Trinajstić information content (AvgIpc) is 2.74. The summed E-state index contributed by atoms with van der Waals surface area (Å²) in [4.78, 5) is 15.4. The van der Waals surface area contributed by atoms with Gasteiger partial charge >= 0.3 is 0 Å². The van der Waals surface area contributed by atoms with Crippen molar-refractivity contribution in [3.8, 4) is 0 Å². The summed E-state index contributed by atoms with van der Waals surface area (Å²) in [5.41, 5.74) is 3.34. The molecule has 0 aliphatic carbocycles. The van der Waals surface area contributed by atoms with E-state index in [1.54, 1.807) is 12.1 Å². The fourth-order valence-corrected chi connectivity index (χ4v) is 3.53. The van der Waals surface area contributed by atoms with Crippen molar-refractivity contribution in [1.29, 1.82) is 0 Å². The lowest BCUT2D eigenvalue weighted by Crippen LogP contribution is -2.07. The molecule has 0 aliphatic heterocycles. The highest BCUT2D eigenvalue weighted by Crippen LogP contribution is 2.17. The Morgan fingerprint density at radius 1 is 0.966 bits per heavy atom. The second-order valence-electron chi connectivity index (χ2n) is 7.89. The molecule has 2 aromatic rings. The molecule has 0 fully saturated rings. The monoisotopic (exact) mass is 394 g/mol. The topological polar surface area (TPSA) is 55.5 Å². The van der Waals surface area contributed by atoms with Gasteiger partial charge in [-0.05, 0) is 29.9 Å². The summed E-state index contributed by atoms with van der Waals surface area (Å²) in [6, 6.07) is 17.0. The molecule has 0 aromatic heterocycles. The lowest BCUT2D eigenvalue weighted by molar-refractivity contribution is -0.384. The smallest absolute Gasteiger partial charge is 0.269 e. The van der Waals surface area contributed by atoms with Crippen LogP contribution in [0.4, 0.5) is 5.69 Å². The van der Waals surface area contributed by atoms with Crippen LogP contribution in [0.1, 0.15) is 69.9 Å². The molecule has 4 nitrogen and oxygen atoms in total. The Morgan fingerprint density at radius 3 is 2.31 bits per heavy atom. The number of nitro benzene ring substituents is 1. The van der Waals surface area contributed by atoms with Gasteiger partial charge in [-0.25, -0.2) is 0 Å². The van der Waals surface area contributed by atoms with Crippen LogP contribution in [0.15, 0.2) is 59.6 Å². The molecule has 29 heavy (non-hydrogen) atoms. The molecule has 1 atom stereocenters. The van der Waals surface area contributed by atoms with E-state index in [4.69, 9.17) is 4.99 Å². The van der Waals surface area contributed by atoms with Gasteiger partial charge in [0.2, 0.25) is 0 Å². The van der Waals surface area contributed by atoms with Crippen molar-refractivity contribution in [3.63, 3.8) is 0 Å². The maximum atomic E-state index is 10.9. The van der Waals surface area contributed by atoms with E-state index in [9.17, 15) is 10.1 Å². The minimum Gasteiger partial charge on any atom is -0.289 e. The van der Waals surface area contributed by atoms with Gasteiger partial charge in [0, 0.05) is 30.8 Å². The third-order valence-corrected chi connectivity index (χ3v) is 5.33. The summed E-state index contributed by atoms with van der Waals surface area (Å²) in [5, 5.41) is 10.9. The number of rotatable bonds is 13. The number of nitro groups is 1. The van der Waals surface area contributed by atoms with E-state index < -0.39 is 0 Å². The summed E-state index contributed by atoms with van der Waals surface area (Å²) in [6.07, 6.45) is 9.66. The summed E-state index contributed by atoms with van der Waals surface area (Å²) in [5.74, 6) is 0.761. The zero-order valence-electron chi connectivity index (χ0n) is 17.8. The van der Waals surface area contributed by atoms with E-state index in [2.05, 4.69) is 26.0 Å². The molecular formula is C25H34N2O2. The largest absolute Gasteiger partial charge is 0.289 e. The highest BCUT2D eigenvalue weighted by Gasteiger charge is 2.08. The normalized spacial score (nSPS) is 12.7. The minimum absolute atomic E-state index is 0.125. The number of benzene rings is 2. The predicted molar refractivity (Wildman–Crippen MR) is 122 cm³/mol. The SMILES string of the molecule is CCCCCCC(C)CCCN=C(Cc1ccc([N+](=O)[O-])cc1)c1ccccc1. The first kappa shape index (κ1) is 22.8. The minimum atomic E-state index is -0.362. The molecule has 0 bridgehead atoms. The summed E-state index contributed by atoms with van der Waals surface area (Å²) >= 11 is 0. The van der Waals surface area contributed by atoms with Crippen LogP contribution in [0.3, 0.4) is 0 Å². The van der Waals surface area contributed by atoms with Gasteiger partial charge in [-0.1, -0.05) is 88.4 Å². The van der Waals surface area contributed by atoms with Gasteiger partial charge in [0.25, 0.3) is 5.69 Å². The van der Waals surface area contributed by atoms with Crippen LogP contribution in [0.25, 0.3) is 0 Å². The highest BCUT2D eigenvalue weighted by molar-refractivity contribution is 6.01. The Hall–Kier alpha value is -2.49. The van der Waals surface area contributed by atoms with E-state index in [1.165, 1.54) is 38.5 Å². The molecule has 0 spiro atoms. The zero-order valence-corrected chi connectivity index (χ0v) is 17.8. The van der Waals surface area contributed by atoms with Crippen molar-refractivity contribution in [3.05, 3.63) is 75.8 Å². The van der Waals surface area contributed by atoms with Crippen LogP contribution in [0.2, 0.25) is 0 Å². The number of aliphatic imine (C=N–C) groups is 1. The van der Waals surface area contributed by atoms with Crippen molar-refractivity contribution in [2.24, 2.45) is 10.9 Å². The molecule has 0 aliphatic rings. The quantitative estimate of drug-likeness (QED) is 0.159. The Kier molecular flexibility index (Phi) is 10.1. The Morgan fingerprint density at radius 2 is 1.66 bits per heavy atom. The molecule has 0 saturated heterocycles. The van der Waals surface area contributed by atoms with Gasteiger partial charge in [0.1, 0.15) is 0 Å². The first-order valence-corrected chi connectivity index (χ1v) is 10.9. The van der Waals surface area contributed by atoms with Crippen LogP contribution in [-0.4, -0.2) is 17.2 Å². The van der Waals surface area contributed by atoms with Gasteiger partial charge in [-0.2, -0.15) is 0 Å². The van der Waals surface area contributed by atoms with Crippen molar-refractivity contribution in [1.82, 2.24) is 0 Å². The third kappa shape index (κ3) is 8.59. The van der Waals surface area contributed by atoms with Crippen LogP contribution >= 0.6 is 0 Å². The Bertz CT molecular complexity index is 754. The molecule has 0 amide bonds. The molecule has 2 rings (SSSR count). The third-order valence-electron chi connectivity index (χ3n) is 5.33. The number of non-ortho nitro benzene ring substituents is 1. The Balaban J connectivity index is 1.93. The fraction of sp³-hybridized carbons (Fsp3) is 0.480. The van der Waals surface area contributed by atoms with Crippen LogP contribution in [-0.2, 0) is 6.42 Å². The van der Waals surface area contributed by atoms with Gasteiger partial charge < -0.3 is 0 Å². The van der Waals surface area contributed by atoms with Gasteiger partial charge in [0.15, 0.2) is 0 Å². The average molecular weight is 395 g/mol. The molecule has 0 saturated carbocycles. The lowest BCUT2D eigenvalue weighted by atomic mass is 9.98. The van der Waals surface area contributed by atoms with E-state index in [0.29, 0.717) is 6.42 Å². The maximum Gasteiger partial charge on any atom is 0.269 e. The highest BCUT2D eigenvalue weighted by atomic mass is 16.6. The molecule has 156 valence electrons. The zero-order chi connectivity index (χ0) is 20.9. The van der Waals surface area contributed by atoms with E-state index in [0.717, 1.165) is 35.7 Å². The van der Waals surface area contributed by atoms with Crippen LogP contribution in [0.5, 0.6) is 0 Å². The summed E-state index contributed by atoms with van der Waals surface area (Å²) < 4.78 is 0. The maximum absolute atomic E-state index is 10.9. The summed E-state index contributed by atoms with van der Waals surface area (Å²) in [7, 11) is 0. The fourth-order valence-electron chi connectivity index (χ4n) is 3.53. The molecule has 0 N–H and O–H groups in total. The number of nitrogens with zero attached hydrogens (tertiary/aromatic N) is 2. The standard InChI is InChI=1S/C25H34N2O2/c1-3-4-5-7-11-21(2)12-10-19-26-25(23-13-8-6-9-14-23)20-22-15-17-24(18-16-22)27(28)29/h6,8-9,13-18,21H,3-5,7,10-12,19-20H2,1-2H3. The molecule has 1 unspecified atom stereocenters. The first-order chi connectivity index (χ1) is 14.1. The second kappa shape index (κ2) is 12.9. The van der Waals surface area contributed by atoms with Crippen molar-refractivity contribution >= 4 is 11.4 Å². The van der Waals surface area contributed by atoms with Crippen LogP contribution < -0.4 is 0 Å². The van der Waals surface area contributed by atoms with Crippen molar-refractivity contribution < 1.29 is 4.92 Å². The number of unbranched alkanes of at least 4 members (excludes halogenated alkanes) is 3. The molecule has 2 aromatic carbocycles. The van der Waals surface area contributed by atoms with Gasteiger partial charge in [-0.3, -0.25) is 15.1 Å². The molecule has 0 heterocycles. The van der Waals surface area contributed by atoms with Crippen molar-refractivity contribution in [2.45, 2.75) is 65.2 Å². The van der Waals surface area contributed by atoms with Gasteiger partial charge in [-0.15, -0.1) is 0 Å². The second-order valence-corrected chi connectivity index (χ2v) is 7.89. The van der Waals surface area contributed by atoms with Crippen LogP contribution in [0, 0.1) is 16.0 Å². The van der Waals surface area contributed by atoms with E-state index in [1.807, 2.05) is 30.3 Å². The Labute approximate surface area is 175 Å². The lowest BCUT2D eigenvalue weighted by Gasteiger charge is -2.11. The molecular weight excluding hydrogens is 360 g/mol. The first-order valence-electron chi connectivity index (χ1n) is 10.9. The van der Waals surface area contributed by atoms with E-state index >= 15 is 0 Å². The number of hydrogen-bond donors (Lipinski definition) is 0. The number of hydrogen-bond acceptors (Lipinski definition) is 3. The predicted octanol–water partition coefficient (Wildman–Crippen LogP) is 7.01. The van der Waals surface area contributed by atoms with Gasteiger partial charge in [0.05, 0.1) is 4.92 Å².